The predicted octanol–water partition coefficient (Wildman–Crippen LogP) is 3.17. The Kier molecular flexibility index (Phi) is 4.88. The van der Waals surface area contributed by atoms with Crippen LogP contribution in [0.4, 0.5) is 23.7 Å². The summed E-state index contributed by atoms with van der Waals surface area (Å²) < 4.78 is 39.1. The Balaban J connectivity index is 1.86. The van der Waals surface area contributed by atoms with Gasteiger partial charge in [0.1, 0.15) is 5.75 Å². The first-order valence-corrected chi connectivity index (χ1v) is 6.43. The molecule has 0 spiro atoms. The zero-order valence-corrected chi connectivity index (χ0v) is 11.4. The molecule has 0 aliphatic carbocycles. The second-order valence-electron chi connectivity index (χ2n) is 4.52. The van der Waals surface area contributed by atoms with Gasteiger partial charge in [-0.2, -0.15) is 0 Å². The number of phenols is 1. The molecule has 0 saturated carbocycles. The summed E-state index contributed by atoms with van der Waals surface area (Å²) >= 11 is 0. The third-order valence-corrected chi connectivity index (χ3v) is 2.92. The molecule has 4 nitrogen and oxygen atoms in total. The van der Waals surface area contributed by atoms with Crippen LogP contribution in [0.15, 0.2) is 36.4 Å². The van der Waals surface area contributed by atoms with Crippen molar-refractivity contribution in [3.05, 3.63) is 59.4 Å². The van der Waals surface area contributed by atoms with Crippen LogP contribution < -0.4 is 10.6 Å². The lowest BCUT2D eigenvalue weighted by molar-refractivity contribution is 0.252. The molecule has 0 fully saturated rings. The topological polar surface area (TPSA) is 61.4 Å². The highest BCUT2D eigenvalue weighted by molar-refractivity contribution is 5.89. The van der Waals surface area contributed by atoms with Crippen molar-refractivity contribution >= 4 is 11.7 Å². The fraction of sp³-hybridized carbons (Fsp3) is 0.133. The lowest BCUT2D eigenvalue weighted by Gasteiger charge is -2.09. The van der Waals surface area contributed by atoms with Gasteiger partial charge in [0, 0.05) is 6.54 Å². The zero-order valence-electron chi connectivity index (χ0n) is 11.4. The SMILES string of the molecule is O=C(NCCc1ccc(O)cc1)Nc1ccc(F)c(F)c1F. The largest absolute Gasteiger partial charge is 0.508 e. The van der Waals surface area contributed by atoms with Gasteiger partial charge in [-0.1, -0.05) is 12.1 Å². The number of benzene rings is 2. The molecule has 0 atom stereocenters. The molecule has 7 heteroatoms. The number of halogens is 3. The summed E-state index contributed by atoms with van der Waals surface area (Å²) in [5, 5.41) is 13.7. The normalized spacial score (nSPS) is 10.3. The summed E-state index contributed by atoms with van der Waals surface area (Å²) in [6, 6.07) is 7.37. The minimum absolute atomic E-state index is 0.142. The Labute approximate surface area is 124 Å². The second-order valence-corrected chi connectivity index (χ2v) is 4.52. The molecule has 0 heterocycles. The van der Waals surface area contributed by atoms with E-state index in [0.29, 0.717) is 6.42 Å². The van der Waals surface area contributed by atoms with Crippen LogP contribution in [0.5, 0.6) is 5.75 Å². The number of hydrogen-bond acceptors (Lipinski definition) is 2. The quantitative estimate of drug-likeness (QED) is 0.760. The Morgan fingerprint density at radius 1 is 1.00 bits per heavy atom. The summed E-state index contributed by atoms with van der Waals surface area (Å²) in [5.74, 6) is -4.27. The average molecular weight is 310 g/mol. The van der Waals surface area contributed by atoms with E-state index in [-0.39, 0.29) is 12.3 Å². The molecule has 2 aromatic carbocycles. The summed E-state index contributed by atoms with van der Waals surface area (Å²) in [6.07, 6.45) is 0.494. The van der Waals surface area contributed by atoms with Crippen LogP contribution in [-0.2, 0) is 6.42 Å². The lowest BCUT2D eigenvalue weighted by atomic mass is 10.1. The van der Waals surface area contributed by atoms with E-state index in [0.717, 1.165) is 17.7 Å². The molecule has 3 N–H and O–H groups in total. The van der Waals surface area contributed by atoms with Gasteiger partial charge in [0.25, 0.3) is 0 Å². The van der Waals surface area contributed by atoms with E-state index < -0.39 is 29.2 Å². The number of urea groups is 1. The van der Waals surface area contributed by atoms with E-state index >= 15 is 0 Å². The fourth-order valence-electron chi connectivity index (χ4n) is 1.77. The van der Waals surface area contributed by atoms with Crippen molar-refractivity contribution in [2.45, 2.75) is 6.42 Å². The van der Waals surface area contributed by atoms with E-state index in [2.05, 4.69) is 10.6 Å². The molecule has 2 amide bonds. The van der Waals surface area contributed by atoms with E-state index in [9.17, 15) is 18.0 Å². The molecular weight excluding hydrogens is 297 g/mol. The number of nitrogens with one attached hydrogen (secondary N) is 2. The molecule has 0 aliphatic rings. The smallest absolute Gasteiger partial charge is 0.319 e. The van der Waals surface area contributed by atoms with Crippen LogP contribution in [0, 0.1) is 17.5 Å². The van der Waals surface area contributed by atoms with Crippen molar-refractivity contribution in [1.82, 2.24) is 5.32 Å². The molecule has 0 unspecified atom stereocenters. The second kappa shape index (κ2) is 6.84. The van der Waals surface area contributed by atoms with Crippen LogP contribution >= 0.6 is 0 Å². The van der Waals surface area contributed by atoms with Crippen LogP contribution in [0.3, 0.4) is 0 Å². The zero-order chi connectivity index (χ0) is 16.1. The number of carbonyl (C=O) groups is 1. The minimum Gasteiger partial charge on any atom is -0.508 e. The van der Waals surface area contributed by atoms with Crippen LogP contribution in [0.25, 0.3) is 0 Å². The number of amides is 2. The molecule has 2 rings (SSSR count). The maximum atomic E-state index is 13.4. The van der Waals surface area contributed by atoms with Crippen molar-refractivity contribution in [1.29, 1.82) is 0 Å². The third-order valence-electron chi connectivity index (χ3n) is 2.92. The van der Waals surface area contributed by atoms with Crippen LogP contribution in [0.2, 0.25) is 0 Å². The molecule has 116 valence electrons. The van der Waals surface area contributed by atoms with Crippen molar-refractivity contribution in [3.8, 4) is 5.75 Å². The van der Waals surface area contributed by atoms with Gasteiger partial charge in [-0.05, 0) is 36.2 Å². The third kappa shape index (κ3) is 3.91. The molecule has 0 aromatic heterocycles. The maximum absolute atomic E-state index is 13.4. The number of rotatable bonds is 4. The van der Waals surface area contributed by atoms with Gasteiger partial charge in [-0.3, -0.25) is 0 Å². The highest BCUT2D eigenvalue weighted by atomic mass is 19.2. The molecule has 0 bridgehead atoms. The monoisotopic (exact) mass is 310 g/mol. The van der Waals surface area contributed by atoms with Gasteiger partial charge in [0.05, 0.1) is 5.69 Å². The van der Waals surface area contributed by atoms with Gasteiger partial charge in [0.15, 0.2) is 17.5 Å². The van der Waals surface area contributed by atoms with Crippen LogP contribution in [-0.4, -0.2) is 17.7 Å². The Morgan fingerprint density at radius 3 is 2.36 bits per heavy atom. The standard InChI is InChI=1S/C15H13F3N2O2/c16-11-5-6-12(14(18)13(11)17)20-15(22)19-8-7-9-1-3-10(21)4-2-9/h1-6,21H,7-8H2,(H2,19,20,22). The summed E-state index contributed by atoms with van der Waals surface area (Å²) in [6.45, 7) is 0.252. The van der Waals surface area contributed by atoms with E-state index in [1.165, 1.54) is 12.1 Å². The summed E-state index contributed by atoms with van der Waals surface area (Å²) in [7, 11) is 0. The van der Waals surface area contributed by atoms with Crippen molar-refractivity contribution in [2.75, 3.05) is 11.9 Å². The summed E-state index contributed by atoms with van der Waals surface area (Å²) in [5.41, 5.74) is 0.443. The van der Waals surface area contributed by atoms with Gasteiger partial charge in [0.2, 0.25) is 0 Å². The number of anilines is 1. The Bertz CT molecular complexity index is 675. The van der Waals surface area contributed by atoms with Gasteiger partial charge in [-0.15, -0.1) is 0 Å². The Morgan fingerprint density at radius 2 is 1.68 bits per heavy atom. The van der Waals surface area contributed by atoms with E-state index in [4.69, 9.17) is 5.11 Å². The van der Waals surface area contributed by atoms with Crippen molar-refractivity contribution < 1.29 is 23.1 Å². The first-order valence-electron chi connectivity index (χ1n) is 6.43. The molecule has 2 aromatic rings. The number of aromatic hydroxyl groups is 1. The highest BCUT2D eigenvalue weighted by Gasteiger charge is 2.14. The van der Waals surface area contributed by atoms with Crippen LogP contribution in [0.1, 0.15) is 5.56 Å². The van der Waals surface area contributed by atoms with Gasteiger partial charge < -0.3 is 15.7 Å². The van der Waals surface area contributed by atoms with E-state index in [1.807, 2.05) is 0 Å². The molecule has 22 heavy (non-hydrogen) atoms. The van der Waals surface area contributed by atoms with Gasteiger partial charge in [-0.25, -0.2) is 18.0 Å². The fourth-order valence-corrected chi connectivity index (χ4v) is 1.77. The van der Waals surface area contributed by atoms with Crippen molar-refractivity contribution in [2.24, 2.45) is 0 Å². The van der Waals surface area contributed by atoms with Crippen molar-refractivity contribution in [3.63, 3.8) is 0 Å². The molecule has 0 aliphatic heterocycles. The molecular formula is C15H13F3N2O2. The number of hydrogen-bond donors (Lipinski definition) is 3. The highest BCUT2D eigenvalue weighted by Crippen LogP contribution is 2.19. The van der Waals surface area contributed by atoms with Gasteiger partial charge >= 0.3 is 6.03 Å². The lowest BCUT2D eigenvalue weighted by Crippen LogP contribution is -2.30. The minimum atomic E-state index is -1.64. The van der Waals surface area contributed by atoms with E-state index in [1.54, 1.807) is 12.1 Å². The maximum Gasteiger partial charge on any atom is 0.319 e. The average Bonchev–Trinajstić information content (AvgIpc) is 2.50. The number of carbonyl (C=O) groups excluding carboxylic acids is 1. The first kappa shape index (κ1) is 15.7. The molecule has 0 saturated heterocycles. The number of phenolic OH excluding ortho intramolecular Hbond substituents is 1. The molecule has 0 radical (unpaired) electrons. The first-order chi connectivity index (χ1) is 10.5. The summed E-state index contributed by atoms with van der Waals surface area (Å²) in [4.78, 5) is 11.6. The predicted molar refractivity (Wildman–Crippen MR) is 75.1 cm³/mol. The Hall–Kier alpha value is -2.70.